The molecule has 0 unspecified atom stereocenters. The van der Waals surface area contributed by atoms with Crippen molar-refractivity contribution >= 4 is 57.3 Å². The van der Waals surface area contributed by atoms with E-state index < -0.39 is 0 Å². The van der Waals surface area contributed by atoms with Gasteiger partial charge in [0.15, 0.2) is 5.11 Å². The van der Waals surface area contributed by atoms with Crippen LogP contribution in [0.2, 0.25) is 10.0 Å². The highest BCUT2D eigenvalue weighted by atomic mass is 35.5. The number of amides is 1. The zero-order valence-corrected chi connectivity index (χ0v) is 16.7. The maximum atomic E-state index is 12.7. The SMILES string of the molecule is CCNC(=S)NNC(=O)c1cc(-c2ccc(Cl)cc2Cl)nc2ccccc12. The van der Waals surface area contributed by atoms with Crippen molar-refractivity contribution in [3.63, 3.8) is 0 Å². The number of pyridine rings is 1. The van der Waals surface area contributed by atoms with Crippen molar-refractivity contribution in [3.8, 4) is 11.3 Å². The van der Waals surface area contributed by atoms with Crippen LogP contribution < -0.4 is 16.2 Å². The number of hydrazine groups is 1. The quantitative estimate of drug-likeness (QED) is 0.436. The van der Waals surface area contributed by atoms with E-state index in [1.165, 1.54) is 0 Å². The van der Waals surface area contributed by atoms with Gasteiger partial charge in [0, 0.05) is 22.5 Å². The van der Waals surface area contributed by atoms with Crippen molar-refractivity contribution in [2.45, 2.75) is 6.92 Å². The minimum atomic E-state index is -0.333. The molecule has 1 aromatic heterocycles. The normalized spacial score (nSPS) is 10.5. The molecule has 8 heteroatoms. The number of hydrogen-bond acceptors (Lipinski definition) is 3. The summed E-state index contributed by atoms with van der Waals surface area (Å²) >= 11 is 17.4. The number of aromatic nitrogens is 1. The lowest BCUT2D eigenvalue weighted by Gasteiger charge is -2.13. The van der Waals surface area contributed by atoms with Crippen molar-refractivity contribution < 1.29 is 4.79 Å². The summed E-state index contributed by atoms with van der Waals surface area (Å²) in [5.41, 5.74) is 7.69. The second-order valence-electron chi connectivity index (χ2n) is 5.63. The molecule has 0 radical (unpaired) electrons. The number of rotatable bonds is 3. The summed E-state index contributed by atoms with van der Waals surface area (Å²) < 4.78 is 0. The van der Waals surface area contributed by atoms with Crippen LogP contribution in [0.4, 0.5) is 0 Å². The number of thiocarbonyl (C=S) groups is 1. The molecule has 0 bridgehead atoms. The fraction of sp³-hybridized carbons (Fsp3) is 0.105. The van der Waals surface area contributed by atoms with Crippen LogP contribution in [0.15, 0.2) is 48.5 Å². The molecular formula is C19H16Cl2N4OS. The molecule has 1 amide bonds. The third kappa shape index (κ3) is 4.47. The average molecular weight is 419 g/mol. The van der Waals surface area contributed by atoms with Gasteiger partial charge in [0.25, 0.3) is 5.91 Å². The lowest BCUT2D eigenvalue weighted by atomic mass is 10.0. The Morgan fingerprint density at radius 3 is 2.63 bits per heavy atom. The zero-order chi connectivity index (χ0) is 19.4. The summed E-state index contributed by atoms with van der Waals surface area (Å²) in [6.07, 6.45) is 0. The van der Waals surface area contributed by atoms with E-state index in [-0.39, 0.29) is 5.91 Å². The van der Waals surface area contributed by atoms with E-state index in [1.54, 1.807) is 24.3 Å². The summed E-state index contributed by atoms with van der Waals surface area (Å²) in [7, 11) is 0. The number of hydrogen-bond donors (Lipinski definition) is 3. The van der Waals surface area contributed by atoms with Crippen LogP contribution in [-0.4, -0.2) is 22.5 Å². The molecule has 0 aliphatic rings. The van der Waals surface area contributed by atoms with E-state index >= 15 is 0 Å². The Kier molecular flexibility index (Phi) is 6.11. The highest BCUT2D eigenvalue weighted by Gasteiger charge is 2.15. The molecule has 2 aromatic carbocycles. The first-order chi connectivity index (χ1) is 13.0. The first-order valence-corrected chi connectivity index (χ1v) is 9.35. The molecule has 3 N–H and O–H groups in total. The molecule has 0 aliphatic heterocycles. The fourth-order valence-corrected chi connectivity index (χ4v) is 3.28. The molecular weight excluding hydrogens is 403 g/mol. The zero-order valence-electron chi connectivity index (χ0n) is 14.3. The van der Waals surface area contributed by atoms with Crippen LogP contribution in [0.1, 0.15) is 17.3 Å². The Morgan fingerprint density at radius 1 is 1.11 bits per heavy atom. The van der Waals surface area contributed by atoms with E-state index in [9.17, 15) is 4.79 Å². The lowest BCUT2D eigenvalue weighted by molar-refractivity contribution is 0.0945. The van der Waals surface area contributed by atoms with Gasteiger partial charge in [-0.25, -0.2) is 4.98 Å². The van der Waals surface area contributed by atoms with Gasteiger partial charge in [-0.3, -0.25) is 15.6 Å². The summed E-state index contributed by atoms with van der Waals surface area (Å²) in [5.74, 6) is -0.333. The monoisotopic (exact) mass is 418 g/mol. The topological polar surface area (TPSA) is 66.0 Å². The van der Waals surface area contributed by atoms with Crippen LogP contribution in [0.3, 0.4) is 0 Å². The molecule has 138 valence electrons. The molecule has 0 atom stereocenters. The molecule has 3 aromatic rings. The van der Waals surface area contributed by atoms with Gasteiger partial charge in [0.2, 0.25) is 0 Å². The third-order valence-corrected chi connectivity index (χ3v) is 4.59. The summed E-state index contributed by atoms with van der Waals surface area (Å²) in [5, 5.41) is 4.96. The molecule has 0 saturated carbocycles. The maximum Gasteiger partial charge on any atom is 0.270 e. The van der Waals surface area contributed by atoms with Gasteiger partial charge in [-0.2, -0.15) is 0 Å². The first kappa shape index (κ1) is 19.4. The minimum Gasteiger partial charge on any atom is -0.362 e. The minimum absolute atomic E-state index is 0.333. The predicted octanol–water partition coefficient (Wildman–Crippen LogP) is 4.34. The average Bonchev–Trinajstić information content (AvgIpc) is 2.65. The Bertz CT molecular complexity index is 1030. The molecule has 0 spiro atoms. The lowest BCUT2D eigenvalue weighted by Crippen LogP contribution is -2.46. The highest BCUT2D eigenvalue weighted by Crippen LogP contribution is 2.31. The van der Waals surface area contributed by atoms with E-state index in [0.717, 1.165) is 5.39 Å². The molecule has 27 heavy (non-hydrogen) atoms. The van der Waals surface area contributed by atoms with Crippen molar-refractivity contribution in [1.82, 2.24) is 21.2 Å². The second-order valence-corrected chi connectivity index (χ2v) is 6.89. The van der Waals surface area contributed by atoms with Crippen molar-refractivity contribution in [2.24, 2.45) is 0 Å². The number of fused-ring (bicyclic) bond motifs is 1. The number of nitrogens with zero attached hydrogens (tertiary/aromatic N) is 1. The Balaban J connectivity index is 2.03. The third-order valence-electron chi connectivity index (χ3n) is 3.79. The fourth-order valence-electron chi connectivity index (χ4n) is 2.58. The second kappa shape index (κ2) is 8.52. The van der Waals surface area contributed by atoms with Gasteiger partial charge in [-0.15, -0.1) is 0 Å². The van der Waals surface area contributed by atoms with E-state index in [2.05, 4.69) is 21.2 Å². The molecule has 3 rings (SSSR count). The molecule has 5 nitrogen and oxygen atoms in total. The number of halogens is 2. The Hall–Kier alpha value is -2.41. The Morgan fingerprint density at radius 2 is 1.89 bits per heavy atom. The van der Waals surface area contributed by atoms with Crippen LogP contribution in [0.25, 0.3) is 22.2 Å². The number of nitrogens with one attached hydrogen (secondary N) is 3. The van der Waals surface area contributed by atoms with Gasteiger partial charge < -0.3 is 5.32 Å². The van der Waals surface area contributed by atoms with Crippen LogP contribution >= 0.6 is 35.4 Å². The molecule has 0 fully saturated rings. The number of carbonyl (C=O) groups is 1. The summed E-state index contributed by atoms with van der Waals surface area (Å²) in [6.45, 7) is 2.56. The predicted molar refractivity (Wildman–Crippen MR) is 114 cm³/mol. The molecule has 0 aliphatic carbocycles. The van der Waals surface area contributed by atoms with E-state index in [1.807, 2.05) is 31.2 Å². The maximum absolute atomic E-state index is 12.7. The summed E-state index contributed by atoms with van der Waals surface area (Å²) in [4.78, 5) is 17.4. The Labute approximate surface area is 172 Å². The summed E-state index contributed by atoms with van der Waals surface area (Å²) in [6, 6.07) is 14.3. The van der Waals surface area contributed by atoms with Gasteiger partial charge in [-0.05, 0) is 49.5 Å². The van der Waals surface area contributed by atoms with Gasteiger partial charge in [0.1, 0.15) is 0 Å². The number of carbonyl (C=O) groups excluding carboxylic acids is 1. The smallest absolute Gasteiger partial charge is 0.270 e. The number of para-hydroxylation sites is 1. The van der Waals surface area contributed by atoms with Crippen LogP contribution in [0.5, 0.6) is 0 Å². The van der Waals surface area contributed by atoms with Gasteiger partial charge >= 0.3 is 0 Å². The number of benzene rings is 2. The van der Waals surface area contributed by atoms with E-state index in [4.69, 9.17) is 35.4 Å². The highest BCUT2D eigenvalue weighted by molar-refractivity contribution is 7.80. The van der Waals surface area contributed by atoms with Crippen LogP contribution in [-0.2, 0) is 0 Å². The van der Waals surface area contributed by atoms with Crippen molar-refractivity contribution in [2.75, 3.05) is 6.54 Å². The first-order valence-electron chi connectivity index (χ1n) is 8.19. The largest absolute Gasteiger partial charge is 0.362 e. The standard InChI is InChI=1S/C19H16Cl2N4OS/c1-2-22-19(27)25-24-18(26)14-10-17(13-8-7-11(20)9-15(13)21)23-16-6-4-3-5-12(14)16/h3-10H,2H2,1H3,(H,24,26)(H2,22,25,27). The van der Waals surface area contributed by atoms with Gasteiger partial charge in [-0.1, -0.05) is 41.4 Å². The molecule has 1 heterocycles. The van der Waals surface area contributed by atoms with Crippen molar-refractivity contribution in [3.05, 3.63) is 64.1 Å². The van der Waals surface area contributed by atoms with E-state index in [0.29, 0.717) is 44.0 Å². The van der Waals surface area contributed by atoms with Gasteiger partial charge in [0.05, 0.1) is 21.8 Å². The van der Waals surface area contributed by atoms with Crippen molar-refractivity contribution in [1.29, 1.82) is 0 Å². The molecule has 0 saturated heterocycles. The van der Waals surface area contributed by atoms with Crippen LogP contribution in [0, 0.1) is 0 Å².